The van der Waals surface area contributed by atoms with Gasteiger partial charge in [0.2, 0.25) is 0 Å². The first kappa shape index (κ1) is 12.7. The molecule has 0 spiro atoms. The van der Waals surface area contributed by atoms with Crippen LogP contribution in [0.3, 0.4) is 0 Å². The Morgan fingerprint density at radius 3 is 2.56 bits per heavy atom. The van der Waals surface area contributed by atoms with Gasteiger partial charge in [-0.3, -0.25) is 4.79 Å². The second-order valence-corrected chi connectivity index (χ2v) is 3.87. The van der Waals surface area contributed by atoms with Gasteiger partial charge in [0, 0.05) is 20.7 Å². The highest BCUT2D eigenvalue weighted by atomic mass is 16.5. The van der Waals surface area contributed by atoms with Crippen LogP contribution in [-0.2, 0) is 16.0 Å². The second kappa shape index (κ2) is 6.28. The lowest BCUT2D eigenvalue weighted by molar-refractivity contribution is -0.139. The number of hydrogen-bond acceptors (Lipinski definition) is 2. The van der Waals surface area contributed by atoms with Crippen molar-refractivity contribution in [2.24, 2.45) is 0 Å². The van der Waals surface area contributed by atoms with E-state index in [1.807, 2.05) is 18.2 Å². The molecule has 0 aliphatic carbocycles. The zero-order valence-corrected chi connectivity index (χ0v) is 10.1. The lowest BCUT2D eigenvalue weighted by atomic mass is 10.1. The highest BCUT2D eigenvalue weighted by Crippen LogP contribution is 2.02. The minimum atomic E-state index is -0.360. The lowest BCUT2D eigenvalue weighted by Gasteiger charge is -2.20. The van der Waals surface area contributed by atoms with Crippen LogP contribution in [0.2, 0.25) is 0 Å². The van der Waals surface area contributed by atoms with E-state index in [-0.39, 0.29) is 12.0 Å². The maximum Gasteiger partial charge on any atom is 0.251 e. The van der Waals surface area contributed by atoms with Gasteiger partial charge in [0.15, 0.2) is 0 Å². The van der Waals surface area contributed by atoms with E-state index >= 15 is 0 Å². The first-order chi connectivity index (χ1) is 7.65. The van der Waals surface area contributed by atoms with Crippen LogP contribution in [0.25, 0.3) is 0 Å². The van der Waals surface area contributed by atoms with E-state index < -0.39 is 0 Å². The summed E-state index contributed by atoms with van der Waals surface area (Å²) < 4.78 is 4.99. The van der Waals surface area contributed by atoms with Crippen molar-refractivity contribution in [3.05, 3.63) is 35.9 Å². The predicted molar refractivity (Wildman–Crippen MR) is 64.3 cm³/mol. The fourth-order valence-electron chi connectivity index (χ4n) is 1.46. The van der Waals surface area contributed by atoms with Crippen LogP contribution in [-0.4, -0.2) is 37.6 Å². The third-order valence-corrected chi connectivity index (χ3v) is 2.66. The van der Waals surface area contributed by atoms with E-state index in [1.54, 1.807) is 26.0 Å². The van der Waals surface area contributed by atoms with Gasteiger partial charge in [0.1, 0.15) is 6.10 Å². The number of methoxy groups -OCH3 is 1. The molecule has 1 aromatic rings. The number of hydrogen-bond donors (Lipinski definition) is 0. The molecule has 0 N–H and O–H groups in total. The molecule has 0 aliphatic rings. The van der Waals surface area contributed by atoms with Crippen molar-refractivity contribution in [1.29, 1.82) is 0 Å². The Morgan fingerprint density at radius 1 is 1.38 bits per heavy atom. The number of ether oxygens (including phenoxy) is 1. The van der Waals surface area contributed by atoms with Crippen LogP contribution < -0.4 is 0 Å². The number of carbonyl (C=O) groups excluding carboxylic acids is 1. The molecule has 1 rings (SSSR count). The molecule has 0 heterocycles. The molecule has 3 nitrogen and oxygen atoms in total. The third kappa shape index (κ3) is 3.66. The zero-order chi connectivity index (χ0) is 12.0. The van der Waals surface area contributed by atoms with Gasteiger partial charge in [-0.15, -0.1) is 0 Å². The Morgan fingerprint density at radius 2 is 2.00 bits per heavy atom. The van der Waals surface area contributed by atoms with E-state index in [9.17, 15) is 4.79 Å². The van der Waals surface area contributed by atoms with E-state index in [1.165, 1.54) is 5.56 Å². The molecule has 88 valence electrons. The van der Waals surface area contributed by atoms with Crippen molar-refractivity contribution >= 4 is 5.91 Å². The molecule has 0 saturated heterocycles. The number of carbonyl (C=O) groups is 1. The summed E-state index contributed by atoms with van der Waals surface area (Å²) >= 11 is 0. The second-order valence-electron chi connectivity index (χ2n) is 3.87. The van der Waals surface area contributed by atoms with Gasteiger partial charge in [-0.2, -0.15) is 0 Å². The molecule has 1 atom stereocenters. The van der Waals surface area contributed by atoms with Crippen molar-refractivity contribution in [2.45, 2.75) is 19.4 Å². The van der Waals surface area contributed by atoms with E-state index in [0.717, 1.165) is 13.0 Å². The van der Waals surface area contributed by atoms with Gasteiger partial charge in [-0.05, 0) is 18.9 Å². The summed E-state index contributed by atoms with van der Waals surface area (Å²) in [5.41, 5.74) is 1.24. The molecule has 0 aliphatic heterocycles. The Balaban J connectivity index is 2.41. The third-order valence-electron chi connectivity index (χ3n) is 2.66. The topological polar surface area (TPSA) is 29.5 Å². The van der Waals surface area contributed by atoms with Gasteiger partial charge in [-0.1, -0.05) is 30.3 Å². The molecule has 0 saturated carbocycles. The van der Waals surface area contributed by atoms with Crippen LogP contribution in [0.1, 0.15) is 12.5 Å². The fraction of sp³-hybridized carbons (Fsp3) is 0.462. The number of likely N-dealkylation sites (N-methyl/N-ethyl adjacent to an activating group) is 1. The van der Waals surface area contributed by atoms with Gasteiger partial charge in [-0.25, -0.2) is 0 Å². The van der Waals surface area contributed by atoms with Crippen molar-refractivity contribution < 1.29 is 9.53 Å². The summed E-state index contributed by atoms with van der Waals surface area (Å²) in [6.07, 6.45) is 0.514. The molecule has 1 aromatic carbocycles. The summed E-state index contributed by atoms with van der Waals surface area (Å²) in [6, 6.07) is 10.1. The highest BCUT2D eigenvalue weighted by molar-refractivity contribution is 5.80. The first-order valence-corrected chi connectivity index (χ1v) is 5.47. The molecule has 0 bridgehead atoms. The summed E-state index contributed by atoms with van der Waals surface area (Å²) in [5, 5.41) is 0. The van der Waals surface area contributed by atoms with E-state index in [0.29, 0.717) is 0 Å². The van der Waals surface area contributed by atoms with Crippen molar-refractivity contribution in [3.63, 3.8) is 0 Å². The van der Waals surface area contributed by atoms with Crippen LogP contribution in [0.5, 0.6) is 0 Å². The zero-order valence-electron chi connectivity index (χ0n) is 10.1. The molecule has 0 fully saturated rings. The van der Waals surface area contributed by atoms with Crippen LogP contribution in [0, 0.1) is 0 Å². The first-order valence-electron chi connectivity index (χ1n) is 5.47. The van der Waals surface area contributed by atoms with E-state index in [2.05, 4.69) is 12.1 Å². The normalized spacial score (nSPS) is 12.2. The molecule has 0 radical (unpaired) electrons. The van der Waals surface area contributed by atoms with Crippen molar-refractivity contribution in [2.75, 3.05) is 20.7 Å². The standard InChI is InChI=1S/C13H19NO2/c1-11(16-3)13(15)14(2)10-9-12-7-5-4-6-8-12/h4-8,11H,9-10H2,1-3H3. The summed E-state index contributed by atoms with van der Waals surface area (Å²) in [7, 11) is 3.36. The summed E-state index contributed by atoms with van der Waals surface area (Å²) in [6.45, 7) is 2.48. The average molecular weight is 221 g/mol. The fourth-order valence-corrected chi connectivity index (χ4v) is 1.46. The SMILES string of the molecule is COC(C)C(=O)N(C)CCc1ccccc1. The number of benzene rings is 1. The minimum Gasteiger partial charge on any atom is -0.372 e. The molecule has 0 aromatic heterocycles. The average Bonchev–Trinajstić information content (AvgIpc) is 2.35. The van der Waals surface area contributed by atoms with Crippen molar-refractivity contribution in [3.8, 4) is 0 Å². The van der Waals surface area contributed by atoms with E-state index in [4.69, 9.17) is 4.74 Å². The Labute approximate surface area is 97.0 Å². The number of nitrogens with zero attached hydrogens (tertiary/aromatic N) is 1. The Hall–Kier alpha value is -1.35. The van der Waals surface area contributed by atoms with Gasteiger partial charge >= 0.3 is 0 Å². The summed E-state index contributed by atoms with van der Waals surface area (Å²) in [4.78, 5) is 13.4. The molecular weight excluding hydrogens is 202 g/mol. The predicted octanol–water partition coefficient (Wildman–Crippen LogP) is 1.72. The molecule has 3 heteroatoms. The number of rotatable bonds is 5. The van der Waals surface area contributed by atoms with Crippen LogP contribution in [0.15, 0.2) is 30.3 Å². The van der Waals surface area contributed by atoms with Crippen LogP contribution >= 0.6 is 0 Å². The van der Waals surface area contributed by atoms with Gasteiger partial charge < -0.3 is 9.64 Å². The monoisotopic (exact) mass is 221 g/mol. The van der Waals surface area contributed by atoms with Gasteiger partial charge in [0.25, 0.3) is 5.91 Å². The minimum absolute atomic E-state index is 0.0263. The maximum atomic E-state index is 11.7. The van der Waals surface area contributed by atoms with Crippen LogP contribution in [0.4, 0.5) is 0 Å². The maximum absolute atomic E-state index is 11.7. The van der Waals surface area contributed by atoms with Gasteiger partial charge in [0.05, 0.1) is 0 Å². The Kier molecular flexibility index (Phi) is 4.99. The summed E-state index contributed by atoms with van der Waals surface area (Å²) in [5.74, 6) is 0.0263. The molecule has 16 heavy (non-hydrogen) atoms. The largest absolute Gasteiger partial charge is 0.372 e. The molecular formula is C13H19NO2. The number of amides is 1. The Bertz CT molecular complexity index is 324. The smallest absolute Gasteiger partial charge is 0.251 e. The molecule has 1 amide bonds. The lowest BCUT2D eigenvalue weighted by Crippen LogP contribution is -2.36. The quantitative estimate of drug-likeness (QED) is 0.757. The van der Waals surface area contributed by atoms with Crippen molar-refractivity contribution in [1.82, 2.24) is 4.90 Å². The molecule has 1 unspecified atom stereocenters. The highest BCUT2D eigenvalue weighted by Gasteiger charge is 2.15.